The number of nitrogens with zero attached hydrogens (tertiary/aromatic N) is 1. The highest BCUT2D eigenvalue weighted by molar-refractivity contribution is 6.13. The molecule has 2 aromatic carbocycles. The Balaban J connectivity index is 1.87. The average Bonchev–Trinajstić information content (AvgIpc) is 3.15. The van der Waals surface area contributed by atoms with Gasteiger partial charge in [0, 0.05) is 29.2 Å². The van der Waals surface area contributed by atoms with Crippen molar-refractivity contribution in [3.63, 3.8) is 0 Å². The van der Waals surface area contributed by atoms with E-state index in [9.17, 15) is 4.79 Å². The molecular weight excluding hydrogens is 308 g/mol. The monoisotopic (exact) mass is 324 g/mol. The van der Waals surface area contributed by atoms with Gasteiger partial charge in [0.15, 0.2) is 5.78 Å². The first-order chi connectivity index (χ1) is 12.3. The summed E-state index contributed by atoms with van der Waals surface area (Å²) in [6, 6.07) is 25.4. The first kappa shape index (κ1) is 15.1. The lowest BCUT2D eigenvalue weighted by Gasteiger charge is -2.03. The second-order valence-electron chi connectivity index (χ2n) is 5.77. The summed E-state index contributed by atoms with van der Waals surface area (Å²) in [6.07, 6.45) is 3.27. The number of pyridine rings is 1. The fraction of sp³-hybridized carbons (Fsp3) is 0. The van der Waals surface area contributed by atoms with Crippen LogP contribution in [-0.2, 0) is 0 Å². The summed E-state index contributed by atoms with van der Waals surface area (Å²) in [5, 5.41) is 0. The Morgan fingerprint density at radius 3 is 2.12 bits per heavy atom. The molecule has 4 aromatic rings. The minimum absolute atomic E-state index is 0.0367. The first-order valence-corrected chi connectivity index (χ1v) is 8.11. The van der Waals surface area contributed by atoms with E-state index in [1.165, 1.54) is 0 Å². The van der Waals surface area contributed by atoms with Gasteiger partial charge in [0.2, 0.25) is 0 Å². The summed E-state index contributed by atoms with van der Waals surface area (Å²) < 4.78 is 0. The van der Waals surface area contributed by atoms with E-state index < -0.39 is 0 Å². The van der Waals surface area contributed by atoms with Crippen molar-refractivity contribution in [2.24, 2.45) is 0 Å². The van der Waals surface area contributed by atoms with Crippen LogP contribution in [0.3, 0.4) is 0 Å². The van der Waals surface area contributed by atoms with E-state index in [2.05, 4.69) is 9.97 Å². The number of H-pyrrole nitrogens is 1. The third-order valence-corrected chi connectivity index (χ3v) is 4.13. The van der Waals surface area contributed by atoms with Crippen molar-refractivity contribution in [1.82, 2.24) is 9.97 Å². The molecule has 0 aliphatic rings. The number of hydrogen-bond donors (Lipinski definition) is 1. The highest BCUT2D eigenvalue weighted by Gasteiger charge is 2.19. The molecule has 2 aromatic heterocycles. The van der Waals surface area contributed by atoms with Crippen molar-refractivity contribution in [3.8, 4) is 22.5 Å². The number of aromatic amines is 1. The number of carbonyl (C=O) groups excluding carboxylic acids is 1. The fourth-order valence-corrected chi connectivity index (χ4v) is 2.89. The molecule has 2 heterocycles. The number of hydrogen-bond acceptors (Lipinski definition) is 2. The molecule has 0 bridgehead atoms. The van der Waals surface area contributed by atoms with E-state index >= 15 is 0 Å². The van der Waals surface area contributed by atoms with Crippen LogP contribution in [0.5, 0.6) is 0 Å². The maximum Gasteiger partial charge on any atom is 0.196 e. The quantitative estimate of drug-likeness (QED) is 0.538. The van der Waals surface area contributed by atoms with Crippen LogP contribution in [0.2, 0.25) is 0 Å². The van der Waals surface area contributed by atoms with Crippen molar-refractivity contribution in [2.45, 2.75) is 0 Å². The molecule has 4 rings (SSSR count). The van der Waals surface area contributed by atoms with Crippen LogP contribution in [0.1, 0.15) is 15.9 Å². The smallest absolute Gasteiger partial charge is 0.196 e. The third-order valence-electron chi connectivity index (χ3n) is 4.13. The molecule has 0 unspecified atom stereocenters. The predicted molar refractivity (Wildman–Crippen MR) is 99.3 cm³/mol. The SMILES string of the molecule is O=C(c1cccnc1)c1cc(-c2ccccc2)[nH]c1-c1ccccc1. The highest BCUT2D eigenvalue weighted by atomic mass is 16.1. The van der Waals surface area contributed by atoms with Gasteiger partial charge in [-0.2, -0.15) is 0 Å². The van der Waals surface area contributed by atoms with Crippen LogP contribution < -0.4 is 0 Å². The molecule has 0 saturated heterocycles. The molecule has 3 nitrogen and oxygen atoms in total. The van der Waals surface area contributed by atoms with Crippen LogP contribution in [0.4, 0.5) is 0 Å². The molecule has 120 valence electrons. The maximum absolute atomic E-state index is 13.0. The van der Waals surface area contributed by atoms with Crippen molar-refractivity contribution >= 4 is 5.78 Å². The van der Waals surface area contributed by atoms with Crippen LogP contribution in [-0.4, -0.2) is 15.8 Å². The van der Waals surface area contributed by atoms with Crippen LogP contribution in [0, 0.1) is 0 Å². The van der Waals surface area contributed by atoms with Crippen molar-refractivity contribution in [2.75, 3.05) is 0 Å². The Labute approximate surface area is 146 Å². The predicted octanol–water partition coefficient (Wildman–Crippen LogP) is 4.97. The molecule has 3 heteroatoms. The zero-order valence-corrected chi connectivity index (χ0v) is 13.5. The summed E-state index contributed by atoms with van der Waals surface area (Å²) in [4.78, 5) is 20.5. The minimum atomic E-state index is -0.0367. The number of rotatable bonds is 4. The average molecular weight is 324 g/mol. The second kappa shape index (κ2) is 6.57. The van der Waals surface area contributed by atoms with Gasteiger partial charge in [-0.1, -0.05) is 60.7 Å². The normalized spacial score (nSPS) is 10.6. The van der Waals surface area contributed by atoms with Gasteiger partial charge < -0.3 is 4.98 Å². The lowest BCUT2D eigenvalue weighted by molar-refractivity contribution is 0.103. The number of nitrogens with one attached hydrogen (secondary N) is 1. The third kappa shape index (κ3) is 3.00. The lowest BCUT2D eigenvalue weighted by Crippen LogP contribution is -2.02. The minimum Gasteiger partial charge on any atom is -0.354 e. The molecule has 0 saturated carbocycles. The van der Waals surface area contributed by atoms with E-state index in [4.69, 9.17) is 0 Å². The number of ketones is 1. The topological polar surface area (TPSA) is 45.8 Å². The van der Waals surface area contributed by atoms with Gasteiger partial charge >= 0.3 is 0 Å². The Hall–Kier alpha value is -3.46. The number of aromatic nitrogens is 2. The van der Waals surface area contributed by atoms with Gasteiger partial charge in [0.25, 0.3) is 0 Å². The van der Waals surface area contributed by atoms with Gasteiger partial charge in [-0.3, -0.25) is 9.78 Å². The fourth-order valence-electron chi connectivity index (χ4n) is 2.89. The van der Waals surface area contributed by atoms with E-state index in [-0.39, 0.29) is 5.78 Å². The summed E-state index contributed by atoms with van der Waals surface area (Å²) in [5.74, 6) is -0.0367. The standard InChI is InChI=1S/C22H16N2O/c25-22(18-12-7-13-23-15-18)19-14-20(16-8-3-1-4-9-16)24-21(19)17-10-5-2-6-11-17/h1-15,24H. The van der Waals surface area contributed by atoms with Crippen LogP contribution in [0.15, 0.2) is 91.3 Å². The lowest BCUT2D eigenvalue weighted by atomic mass is 10.0. The largest absolute Gasteiger partial charge is 0.354 e. The molecule has 25 heavy (non-hydrogen) atoms. The highest BCUT2D eigenvalue weighted by Crippen LogP contribution is 2.30. The molecule has 0 spiro atoms. The van der Waals surface area contributed by atoms with Gasteiger partial charge in [-0.15, -0.1) is 0 Å². The molecular formula is C22H16N2O. The zero-order chi connectivity index (χ0) is 17.1. The zero-order valence-electron chi connectivity index (χ0n) is 13.5. The molecule has 0 radical (unpaired) electrons. The Morgan fingerprint density at radius 2 is 1.48 bits per heavy atom. The molecule has 0 amide bonds. The van der Waals surface area contributed by atoms with E-state index in [0.29, 0.717) is 11.1 Å². The second-order valence-corrected chi connectivity index (χ2v) is 5.77. The molecule has 0 atom stereocenters. The molecule has 1 N–H and O–H groups in total. The van der Waals surface area contributed by atoms with Gasteiger partial charge in [0.05, 0.1) is 5.69 Å². The molecule has 0 fully saturated rings. The van der Waals surface area contributed by atoms with Crippen molar-refractivity contribution in [1.29, 1.82) is 0 Å². The summed E-state index contributed by atoms with van der Waals surface area (Å²) in [5.41, 5.74) is 5.01. The Bertz CT molecular complexity index is 990. The Kier molecular flexibility index (Phi) is 3.97. The van der Waals surface area contributed by atoms with E-state index in [1.54, 1.807) is 24.5 Å². The number of benzene rings is 2. The molecule has 0 aliphatic heterocycles. The summed E-state index contributed by atoms with van der Waals surface area (Å²) >= 11 is 0. The summed E-state index contributed by atoms with van der Waals surface area (Å²) in [7, 11) is 0. The van der Waals surface area contributed by atoms with Crippen LogP contribution >= 0.6 is 0 Å². The van der Waals surface area contributed by atoms with Gasteiger partial charge in [-0.25, -0.2) is 0 Å². The number of carbonyl (C=O) groups is 1. The first-order valence-electron chi connectivity index (χ1n) is 8.11. The van der Waals surface area contributed by atoms with Gasteiger partial charge in [0.1, 0.15) is 0 Å². The van der Waals surface area contributed by atoms with E-state index in [1.807, 2.05) is 66.7 Å². The molecule has 0 aliphatic carbocycles. The van der Waals surface area contributed by atoms with Crippen molar-refractivity contribution in [3.05, 3.63) is 102 Å². The summed E-state index contributed by atoms with van der Waals surface area (Å²) in [6.45, 7) is 0. The maximum atomic E-state index is 13.0. The van der Waals surface area contributed by atoms with Crippen molar-refractivity contribution < 1.29 is 4.79 Å². The van der Waals surface area contributed by atoms with E-state index in [0.717, 1.165) is 22.5 Å². The van der Waals surface area contributed by atoms with Crippen LogP contribution in [0.25, 0.3) is 22.5 Å². The Morgan fingerprint density at radius 1 is 0.800 bits per heavy atom. The van der Waals surface area contributed by atoms with Gasteiger partial charge in [-0.05, 0) is 29.3 Å².